The first kappa shape index (κ1) is 13.9. The molecule has 0 aliphatic carbocycles. The molecule has 0 amide bonds. The van der Waals surface area contributed by atoms with Gasteiger partial charge in [-0.3, -0.25) is 9.59 Å². The summed E-state index contributed by atoms with van der Waals surface area (Å²) in [6.45, 7) is 6.69. The molecule has 0 bridgehead atoms. The second kappa shape index (κ2) is 6.43. The van der Waals surface area contributed by atoms with Crippen LogP contribution in [-0.4, -0.2) is 17.7 Å². The van der Waals surface area contributed by atoms with Gasteiger partial charge in [-0.15, -0.1) is 0 Å². The molecule has 0 aliphatic heterocycles. The number of hydrogen-bond donors (Lipinski definition) is 0. The lowest BCUT2D eigenvalue weighted by Crippen LogP contribution is -2.35. The van der Waals surface area contributed by atoms with Crippen molar-refractivity contribution < 1.29 is 19.1 Å². The van der Waals surface area contributed by atoms with Crippen molar-refractivity contribution in [2.24, 2.45) is 0 Å². The average Bonchev–Trinajstić information content (AvgIpc) is 2.13. The van der Waals surface area contributed by atoms with E-state index in [0.29, 0.717) is 12.8 Å². The van der Waals surface area contributed by atoms with E-state index in [2.05, 4.69) is 0 Å². The van der Waals surface area contributed by atoms with Crippen molar-refractivity contribution >= 4 is 11.9 Å². The topological polar surface area (TPSA) is 52.6 Å². The van der Waals surface area contributed by atoms with Crippen LogP contribution in [-0.2, 0) is 19.1 Å². The summed E-state index contributed by atoms with van der Waals surface area (Å²) in [5.74, 6) is -1.87. The van der Waals surface area contributed by atoms with Crippen molar-refractivity contribution in [2.45, 2.75) is 59.2 Å². The van der Waals surface area contributed by atoms with Gasteiger partial charge in [0.2, 0.25) is 0 Å². The average molecular weight is 216 g/mol. The van der Waals surface area contributed by atoms with Crippen molar-refractivity contribution in [1.82, 2.24) is 0 Å². The van der Waals surface area contributed by atoms with Crippen LogP contribution in [0.3, 0.4) is 0 Å². The number of unbranched alkanes of at least 4 members (excludes halogenated alkanes) is 1. The molecule has 0 heterocycles. The van der Waals surface area contributed by atoms with E-state index in [9.17, 15) is 9.59 Å². The number of carbonyl (C=O) groups excluding carboxylic acids is 2. The maximum atomic E-state index is 11.3. The van der Waals surface area contributed by atoms with Gasteiger partial charge >= 0.3 is 11.9 Å². The van der Waals surface area contributed by atoms with Gasteiger partial charge in [0.1, 0.15) is 0 Å². The molecule has 0 aliphatic rings. The Morgan fingerprint density at radius 3 is 2.20 bits per heavy atom. The van der Waals surface area contributed by atoms with E-state index in [-0.39, 0.29) is 5.97 Å². The van der Waals surface area contributed by atoms with Gasteiger partial charge in [0.25, 0.3) is 5.79 Å². The quantitative estimate of drug-likeness (QED) is 0.505. The molecule has 4 nitrogen and oxygen atoms in total. The minimum Gasteiger partial charge on any atom is -0.423 e. The van der Waals surface area contributed by atoms with E-state index in [1.807, 2.05) is 6.92 Å². The standard InChI is InChI=1S/C11H20O4/c1-5-7-8-10(13)15-11(4,6-2)14-9(3)12/h5-8H2,1-4H3. The minimum absolute atomic E-state index is 0.317. The van der Waals surface area contributed by atoms with Crippen molar-refractivity contribution in [3.8, 4) is 0 Å². The molecule has 0 aromatic rings. The van der Waals surface area contributed by atoms with E-state index in [1.165, 1.54) is 6.92 Å². The molecule has 1 atom stereocenters. The lowest BCUT2D eigenvalue weighted by Gasteiger charge is -2.27. The van der Waals surface area contributed by atoms with Crippen LogP contribution in [0.1, 0.15) is 53.4 Å². The zero-order valence-corrected chi connectivity index (χ0v) is 9.96. The van der Waals surface area contributed by atoms with E-state index in [4.69, 9.17) is 9.47 Å². The van der Waals surface area contributed by atoms with Crippen LogP contribution in [0.5, 0.6) is 0 Å². The van der Waals surface area contributed by atoms with Crippen molar-refractivity contribution in [3.05, 3.63) is 0 Å². The van der Waals surface area contributed by atoms with Crippen LogP contribution in [0.2, 0.25) is 0 Å². The number of carbonyl (C=O) groups is 2. The Morgan fingerprint density at radius 2 is 1.80 bits per heavy atom. The third-order valence-corrected chi connectivity index (χ3v) is 2.07. The highest BCUT2D eigenvalue weighted by Gasteiger charge is 2.29. The van der Waals surface area contributed by atoms with Crippen LogP contribution in [0.25, 0.3) is 0 Å². The summed E-state index contributed by atoms with van der Waals surface area (Å²) in [5, 5.41) is 0. The lowest BCUT2D eigenvalue weighted by molar-refractivity contribution is -0.222. The van der Waals surface area contributed by atoms with Gasteiger partial charge in [-0.25, -0.2) is 0 Å². The Hall–Kier alpha value is -1.06. The van der Waals surface area contributed by atoms with Gasteiger partial charge < -0.3 is 9.47 Å². The molecule has 4 heteroatoms. The van der Waals surface area contributed by atoms with Crippen LogP contribution >= 0.6 is 0 Å². The van der Waals surface area contributed by atoms with Crippen LogP contribution in [0.4, 0.5) is 0 Å². The first-order valence-corrected chi connectivity index (χ1v) is 5.35. The molecule has 0 rings (SSSR count). The third kappa shape index (κ3) is 6.10. The maximum Gasteiger partial charge on any atom is 0.309 e. The maximum absolute atomic E-state index is 11.3. The number of hydrogen-bond acceptors (Lipinski definition) is 4. The minimum atomic E-state index is -1.11. The van der Waals surface area contributed by atoms with E-state index < -0.39 is 11.8 Å². The Kier molecular flexibility index (Phi) is 5.97. The van der Waals surface area contributed by atoms with Gasteiger partial charge in [0.05, 0.1) is 0 Å². The second-order valence-electron chi connectivity index (χ2n) is 3.66. The zero-order valence-electron chi connectivity index (χ0n) is 9.96. The molecule has 0 aromatic heterocycles. The Morgan fingerprint density at radius 1 is 1.20 bits per heavy atom. The van der Waals surface area contributed by atoms with Gasteiger partial charge in [-0.05, 0) is 6.42 Å². The van der Waals surface area contributed by atoms with Crippen LogP contribution in [0.15, 0.2) is 0 Å². The molecule has 0 saturated heterocycles. The van der Waals surface area contributed by atoms with Gasteiger partial charge in [0.15, 0.2) is 0 Å². The molecule has 0 saturated carbocycles. The molecule has 0 fully saturated rings. The third-order valence-electron chi connectivity index (χ3n) is 2.07. The highest BCUT2D eigenvalue weighted by Crippen LogP contribution is 2.18. The fourth-order valence-corrected chi connectivity index (χ4v) is 1.08. The number of ether oxygens (including phenoxy) is 2. The molecule has 88 valence electrons. The molecule has 1 unspecified atom stereocenters. The van der Waals surface area contributed by atoms with Crippen LogP contribution in [0, 0.1) is 0 Å². The van der Waals surface area contributed by atoms with E-state index in [1.54, 1.807) is 13.8 Å². The largest absolute Gasteiger partial charge is 0.423 e. The summed E-state index contributed by atoms with van der Waals surface area (Å²) in [6.07, 6.45) is 2.54. The highest BCUT2D eigenvalue weighted by atomic mass is 16.7. The lowest BCUT2D eigenvalue weighted by atomic mass is 10.2. The fraction of sp³-hybridized carbons (Fsp3) is 0.818. The smallest absolute Gasteiger partial charge is 0.309 e. The first-order valence-electron chi connectivity index (χ1n) is 5.35. The zero-order chi connectivity index (χ0) is 11.9. The molecular formula is C11H20O4. The fourth-order valence-electron chi connectivity index (χ4n) is 1.08. The van der Waals surface area contributed by atoms with E-state index >= 15 is 0 Å². The monoisotopic (exact) mass is 216 g/mol. The Balaban J connectivity index is 4.17. The predicted octanol–water partition coefficient (Wildman–Crippen LogP) is 2.41. The van der Waals surface area contributed by atoms with E-state index in [0.717, 1.165) is 12.8 Å². The SMILES string of the molecule is CCCCC(=O)OC(C)(CC)OC(C)=O. The normalized spacial score (nSPS) is 14.1. The molecular weight excluding hydrogens is 196 g/mol. The van der Waals surface area contributed by atoms with Crippen molar-refractivity contribution in [1.29, 1.82) is 0 Å². The Labute approximate surface area is 90.9 Å². The molecule has 0 radical (unpaired) electrons. The molecule has 0 N–H and O–H groups in total. The van der Waals surface area contributed by atoms with Crippen molar-refractivity contribution in [3.63, 3.8) is 0 Å². The van der Waals surface area contributed by atoms with Gasteiger partial charge in [-0.2, -0.15) is 0 Å². The Bertz CT molecular complexity index is 225. The number of rotatable bonds is 6. The summed E-state index contributed by atoms with van der Waals surface area (Å²) in [7, 11) is 0. The molecule has 15 heavy (non-hydrogen) atoms. The summed E-state index contributed by atoms with van der Waals surface area (Å²) in [5.41, 5.74) is 0. The first-order chi connectivity index (χ1) is 6.93. The summed E-state index contributed by atoms with van der Waals surface area (Å²) < 4.78 is 10.1. The highest BCUT2D eigenvalue weighted by molar-refractivity contribution is 5.70. The van der Waals surface area contributed by atoms with Gasteiger partial charge in [-0.1, -0.05) is 20.3 Å². The molecule has 0 aromatic carbocycles. The van der Waals surface area contributed by atoms with Crippen molar-refractivity contribution in [2.75, 3.05) is 0 Å². The predicted molar refractivity (Wildman–Crippen MR) is 56.1 cm³/mol. The van der Waals surface area contributed by atoms with Crippen LogP contribution < -0.4 is 0 Å². The number of esters is 2. The summed E-state index contributed by atoms with van der Waals surface area (Å²) in [6, 6.07) is 0. The molecule has 0 spiro atoms. The van der Waals surface area contributed by atoms with Gasteiger partial charge in [0, 0.05) is 26.7 Å². The summed E-state index contributed by atoms with van der Waals surface area (Å²) >= 11 is 0. The summed E-state index contributed by atoms with van der Waals surface area (Å²) in [4.78, 5) is 22.1. The second-order valence-corrected chi connectivity index (χ2v) is 3.66.